The molecule has 0 radical (unpaired) electrons. The van der Waals surface area contributed by atoms with Crippen LogP contribution in [0.3, 0.4) is 0 Å². The minimum absolute atomic E-state index is 0.383. The highest BCUT2D eigenvalue weighted by Gasteiger charge is 2.43. The largest absolute Gasteiger partial charge is 0.393 e. The topological polar surface area (TPSA) is 29.3 Å². The maximum atomic E-state index is 5.66. The number of halogens is 1. The molecule has 1 aliphatic rings. The van der Waals surface area contributed by atoms with E-state index in [1.54, 1.807) is 11.3 Å². The molecule has 1 saturated carbocycles. The van der Waals surface area contributed by atoms with E-state index >= 15 is 0 Å². The van der Waals surface area contributed by atoms with Crippen molar-refractivity contribution in [3.05, 3.63) is 20.8 Å². The minimum Gasteiger partial charge on any atom is -0.393 e. The van der Waals surface area contributed by atoms with E-state index < -0.39 is 0 Å². The lowest BCUT2D eigenvalue weighted by Crippen LogP contribution is -2.29. The third kappa shape index (κ3) is 4.02. The van der Waals surface area contributed by atoms with Gasteiger partial charge in [0.15, 0.2) is 0 Å². The van der Waals surface area contributed by atoms with E-state index in [4.69, 9.17) is 18.0 Å². The maximum absolute atomic E-state index is 5.66. The SMILES string of the molecule is CN(Cc1csc(Br)c1)CC1(CC(N)=S)CC1. The first-order valence-corrected chi connectivity index (χ1v) is 7.77. The van der Waals surface area contributed by atoms with E-state index in [0.717, 1.165) is 19.5 Å². The Morgan fingerprint density at radius 1 is 1.65 bits per heavy atom. The van der Waals surface area contributed by atoms with Crippen LogP contribution in [0.15, 0.2) is 15.2 Å². The Kier molecular flexibility index (Phi) is 4.23. The Morgan fingerprint density at radius 2 is 2.35 bits per heavy atom. The third-order valence-corrected chi connectivity index (χ3v) is 4.88. The molecule has 2 N–H and O–H groups in total. The summed E-state index contributed by atoms with van der Waals surface area (Å²) in [5, 5.41) is 2.20. The van der Waals surface area contributed by atoms with E-state index in [9.17, 15) is 0 Å². The number of thiophene rings is 1. The van der Waals surface area contributed by atoms with E-state index in [1.165, 1.54) is 22.2 Å². The van der Waals surface area contributed by atoms with Gasteiger partial charge in [-0.15, -0.1) is 11.3 Å². The molecule has 0 amide bonds. The fraction of sp³-hybridized carbons (Fsp3) is 0.583. The average Bonchev–Trinajstić information content (AvgIpc) is 2.80. The molecule has 0 aromatic carbocycles. The number of nitrogens with two attached hydrogens (primary N) is 1. The highest BCUT2D eigenvalue weighted by molar-refractivity contribution is 9.11. The van der Waals surface area contributed by atoms with Crippen LogP contribution in [0.25, 0.3) is 0 Å². The lowest BCUT2D eigenvalue weighted by atomic mass is 10.0. The average molecular weight is 333 g/mol. The predicted molar refractivity (Wildman–Crippen MR) is 81.4 cm³/mol. The molecule has 0 atom stereocenters. The van der Waals surface area contributed by atoms with Crippen LogP contribution in [-0.2, 0) is 6.54 Å². The molecular formula is C12H17BrN2S2. The van der Waals surface area contributed by atoms with E-state index in [0.29, 0.717) is 10.4 Å². The first kappa shape index (κ1) is 13.5. The number of thiocarbonyl (C=S) groups is 1. The second-order valence-corrected chi connectivity index (χ2v) is 7.89. The number of hydrogen-bond donors (Lipinski definition) is 1. The van der Waals surface area contributed by atoms with Gasteiger partial charge < -0.3 is 10.6 Å². The third-order valence-electron chi connectivity index (χ3n) is 3.19. The summed E-state index contributed by atoms with van der Waals surface area (Å²) in [6, 6.07) is 2.19. The van der Waals surface area contributed by atoms with Crippen molar-refractivity contribution in [1.82, 2.24) is 4.90 Å². The standard InChI is InChI=1S/C12H17BrN2S2/c1-15(6-9-4-10(13)17-7-9)8-12(2-3-12)5-11(14)16/h4,7H,2-3,5-6,8H2,1H3,(H2,14,16). The van der Waals surface area contributed by atoms with Gasteiger partial charge in [0.05, 0.1) is 8.77 Å². The summed E-state index contributed by atoms with van der Waals surface area (Å²) in [6.07, 6.45) is 3.43. The van der Waals surface area contributed by atoms with Crippen molar-refractivity contribution >= 4 is 44.5 Å². The van der Waals surface area contributed by atoms with Crippen LogP contribution in [0.5, 0.6) is 0 Å². The fourth-order valence-electron chi connectivity index (χ4n) is 2.31. The van der Waals surface area contributed by atoms with Crippen LogP contribution in [-0.4, -0.2) is 23.5 Å². The van der Waals surface area contributed by atoms with Gasteiger partial charge >= 0.3 is 0 Å². The molecule has 1 heterocycles. The second-order valence-electron chi connectivity index (χ2n) is 5.07. The van der Waals surface area contributed by atoms with E-state index in [2.05, 4.69) is 39.3 Å². The van der Waals surface area contributed by atoms with Gasteiger partial charge in [-0.3, -0.25) is 0 Å². The molecule has 2 nitrogen and oxygen atoms in total. The summed E-state index contributed by atoms with van der Waals surface area (Å²) < 4.78 is 1.20. The van der Waals surface area contributed by atoms with Gasteiger partial charge in [-0.25, -0.2) is 0 Å². The molecule has 17 heavy (non-hydrogen) atoms. The molecule has 0 aliphatic heterocycles. The van der Waals surface area contributed by atoms with Gasteiger partial charge in [0.2, 0.25) is 0 Å². The molecule has 1 aromatic rings. The fourth-order valence-corrected chi connectivity index (χ4v) is 3.81. The monoisotopic (exact) mass is 332 g/mol. The molecule has 1 fully saturated rings. The number of hydrogen-bond acceptors (Lipinski definition) is 3. The summed E-state index contributed by atoms with van der Waals surface area (Å²) in [7, 11) is 2.17. The van der Waals surface area contributed by atoms with Crippen LogP contribution in [0, 0.1) is 5.41 Å². The van der Waals surface area contributed by atoms with Crippen molar-refractivity contribution in [1.29, 1.82) is 0 Å². The van der Waals surface area contributed by atoms with Crippen LogP contribution in [0.2, 0.25) is 0 Å². The molecule has 2 rings (SSSR count). The van der Waals surface area contributed by atoms with E-state index in [1.807, 2.05) is 0 Å². The Labute approximate surface area is 120 Å². The highest BCUT2D eigenvalue weighted by atomic mass is 79.9. The summed E-state index contributed by atoms with van der Waals surface area (Å²) in [6.45, 7) is 2.10. The molecule has 1 aliphatic carbocycles. The second kappa shape index (κ2) is 5.34. The maximum Gasteiger partial charge on any atom is 0.0733 e. The van der Waals surface area contributed by atoms with Crippen LogP contribution in [0.4, 0.5) is 0 Å². The molecule has 0 saturated heterocycles. The molecule has 0 unspecified atom stereocenters. The zero-order chi connectivity index (χ0) is 12.5. The van der Waals surface area contributed by atoms with Gasteiger partial charge in [0, 0.05) is 19.5 Å². The van der Waals surface area contributed by atoms with Gasteiger partial charge in [-0.1, -0.05) is 12.2 Å². The zero-order valence-corrected chi connectivity index (χ0v) is 13.1. The van der Waals surface area contributed by atoms with Crippen molar-refractivity contribution in [2.75, 3.05) is 13.6 Å². The van der Waals surface area contributed by atoms with Crippen LogP contribution < -0.4 is 5.73 Å². The summed E-state index contributed by atoms with van der Waals surface area (Å²) in [5.41, 5.74) is 7.41. The molecule has 0 bridgehead atoms. The van der Waals surface area contributed by atoms with Crippen molar-refractivity contribution in [3.63, 3.8) is 0 Å². The molecule has 0 spiro atoms. The zero-order valence-electron chi connectivity index (χ0n) is 9.91. The molecule has 1 aromatic heterocycles. The lowest BCUT2D eigenvalue weighted by Gasteiger charge is -2.23. The first-order chi connectivity index (χ1) is 7.99. The summed E-state index contributed by atoms with van der Waals surface area (Å²) in [4.78, 5) is 3.04. The van der Waals surface area contributed by atoms with Gasteiger partial charge in [0.1, 0.15) is 0 Å². The Morgan fingerprint density at radius 3 is 2.82 bits per heavy atom. The Balaban J connectivity index is 1.85. The van der Waals surface area contributed by atoms with Crippen LogP contribution >= 0.6 is 39.5 Å². The van der Waals surface area contributed by atoms with Gasteiger partial charge in [-0.2, -0.15) is 0 Å². The summed E-state index contributed by atoms with van der Waals surface area (Å²) >= 11 is 10.3. The predicted octanol–water partition coefficient (Wildman–Crippen LogP) is 3.40. The first-order valence-electron chi connectivity index (χ1n) is 5.69. The lowest BCUT2D eigenvalue weighted by molar-refractivity contribution is 0.260. The van der Waals surface area contributed by atoms with Crippen molar-refractivity contribution < 1.29 is 0 Å². The Hall–Kier alpha value is 0.0300. The highest BCUT2D eigenvalue weighted by Crippen LogP contribution is 2.49. The molecule has 94 valence electrons. The normalized spacial score (nSPS) is 17.4. The van der Waals surface area contributed by atoms with Gasteiger partial charge in [-0.05, 0) is 58.2 Å². The van der Waals surface area contributed by atoms with Crippen molar-refractivity contribution in [2.45, 2.75) is 25.8 Å². The number of nitrogens with zero attached hydrogens (tertiary/aromatic N) is 1. The van der Waals surface area contributed by atoms with Gasteiger partial charge in [0.25, 0.3) is 0 Å². The molecular weight excluding hydrogens is 316 g/mol. The molecule has 5 heteroatoms. The smallest absolute Gasteiger partial charge is 0.0733 e. The van der Waals surface area contributed by atoms with Crippen LogP contribution in [0.1, 0.15) is 24.8 Å². The minimum atomic E-state index is 0.383. The summed E-state index contributed by atoms with van der Waals surface area (Å²) in [5.74, 6) is 0. The Bertz CT molecular complexity index is 412. The van der Waals surface area contributed by atoms with Crippen molar-refractivity contribution in [3.8, 4) is 0 Å². The van der Waals surface area contributed by atoms with Crippen molar-refractivity contribution in [2.24, 2.45) is 11.1 Å². The quantitative estimate of drug-likeness (QED) is 0.809. The number of rotatable bonds is 6. The van der Waals surface area contributed by atoms with E-state index in [-0.39, 0.29) is 0 Å².